The summed E-state index contributed by atoms with van der Waals surface area (Å²) in [4.78, 5) is 0. The molecular formula is C6H13IN2O. The third-order valence-electron chi connectivity index (χ3n) is 1.80. The molecule has 1 aliphatic heterocycles. The molecule has 0 bridgehead atoms. The number of aliphatic hydroxyl groups excluding tert-OH is 1. The maximum absolute atomic E-state index is 8.80. The van der Waals surface area contributed by atoms with E-state index in [1.54, 1.807) is 0 Å². The first-order chi connectivity index (χ1) is 4.74. The fraction of sp³-hybridized carbons (Fsp3) is 1.00. The molecule has 0 saturated carbocycles. The molecule has 0 aliphatic carbocycles. The molecule has 1 saturated heterocycles. The summed E-state index contributed by atoms with van der Waals surface area (Å²) in [7, 11) is 0. The van der Waals surface area contributed by atoms with E-state index in [9.17, 15) is 0 Å². The van der Waals surface area contributed by atoms with Gasteiger partial charge in [0, 0.05) is 48.0 Å². The van der Waals surface area contributed by atoms with Gasteiger partial charge >= 0.3 is 0 Å². The molecule has 2 atom stereocenters. The second-order valence-electron chi connectivity index (χ2n) is 2.72. The van der Waals surface area contributed by atoms with Gasteiger partial charge in [0.05, 0.1) is 6.61 Å². The maximum atomic E-state index is 8.80. The Bertz CT molecular complexity index is 112. The highest BCUT2D eigenvalue weighted by Crippen LogP contribution is 2.10. The van der Waals surface area contributed by atoms with E-state index in [2.05, 4.69) is 38.2 Å². The average molecular weight is 256 g/mol. The standard InChI is InChI=1S/C6H13IN2O/c1-5-2-8-6(4-10)3-9(5)7/h5-6,8,10H,2-4H2,1H3/t5-,6-/m1/s1. The summed E-state index contributed by atoms with van der Waals surface area (Å²) in [5.74, 6) is 0. The first kappa shape index (κ1) is 8.70. The highest BCUT2D eigenvalue weighted by atomic mass is 127. The predicted octanol–water partition coefficient (Wildman–Crippen LogP) is -0.00900. The molecule has 0 unspecified atom stereocenters. The predicted molar refractivity (Wildman–Crippen MR) is 49.1 cm³/mol. The van der Waals surface area contributed by atoms with Gasteiger partial charge in [0.1, 0.15) is 0 Å². The molecule has 1 rings (SSSR count). The molecule has 0 radical (unpaired) electrons. The van der Waals surface area contributed by atoms with Gasteiger partial charge in [-0.05, 0) is 6.92 Å². The second-order valence-corrected chi connectivity index (χ2v) is 3.96. The second kappa shape index (κ2) is 3.85. The van der Waals surface area contributed by atoms with Gasteiger partial charge in [-0.3, -0.25) is 0 Å². The van der Waals surface area contributed by atoms with E-state index in [0.29, 0.717) is 6.04 Å². The lowest BCUT2D eigenvalue weighted by Crippen LogP contribution is -2.52. The summed E-state index contributed by atoms with van der Waals surface area (Å²) in [6.07, 6.45) is 0. The van der Waals surface area contributed by atoms with Crippen LogP contribution in [0.1, 0.15) is 6.92 Å². The zero-order valence-corrected chi connectivity index (χ0v) is 8.21. The largest absolute Gasteiger partial charge is 0.395 e. The highest BCUT2D eigenvalue weighted by molar-refractivity contribution is 14.1. The molecule has 0 aromatic heterocycles. The van der Waals surface area contributed by atoms with Crippen molar-refractivity contribution in [3.05, 3.63) is 0 Å². The number of nitrogens with zero attached hydrogens (tertiary/aromatic N) is 1. The first-order valence-electron chi connectivity index (χ1n) is 3.50. The van der Waals surface area contributed by atoms with E-state index in [4.69, 9.17) is 5.11 Å². The molecule has 0 amide bonds. The van der Waals surface area contributed by atoms with Crippen LogP contribution < -0.4 is 5.32 Å². The molecule has 4 heteroatoms. The van der Waals surface area contributed by atoms with Gasteiger partial charge in [0.25, 0.3) is 0 Å². The Labute approximate surface area is 75.3 Å². The van der Waals surface area contributed by atoms with Gasteiger partial charge in [-0.15, -0.1) is 0 Å². The minimum Gasteiger partial charge on any atom is -0.395 e. The van der Waals surface area contributed by atoms with Gasteiger partial charge in [-0.2, -0.15) is 0 Å². The zero-order valence-electron chi connectivity index (χ0n) is 6.05. The summed E-state index contributed by atoms with van der Waals surface area (Å²) in [6, 6.07) is 0.858. The molecule has 2 N–H and O–H groups in total. The van der Waals surface area contributed by atoms with Crippen molar-refractivity contribution in [1.82, 2.24) is 8.43 Å². The van der Waals surface area contributed by atoms with Crippen LogP contribution in [0, 0.1) is 0 Å². The number of rotatable bonds is 1. The van der Waals surface area contributed by atoms with Gasteiger partial charge in [0.2, 0.25) is 0 Å². The van der Waals surface area contributed by atoms with Crippen LogP contribution in [0.25, 0.3) is 0 Å². The first-order valence-corrected chi connectivity index (χ1v) is 4.47. The van der Waals surface area contributed by atoms with Crippen molar-refractivity contribution >= 4 is 22.9 Å². The highest BCUT2D eigenvalue weighted by Gasteiger charge is 2.21. The van der Waals surface area contributed by atoms with E-state index in [1.807, 2.05) is 0 Å². The number of aliphatic hydroxyl groups is 1. The van der Waals surface area contributed by atoms with Gasteiger partial charge in [-0.25, -0.2) is 3.11 Å². The normalized spacial score (nSPS) is 36.3. The van der Waals surface area contributed by atoms with Crippen LogP contribution in [0.5, 0.6) is 0 Å². The van der Waals surface area contributed by atoms with Crippen molar-refractivity contribution in [2.24, 2.45) is 0 Å². The van der Waals surface area contributed by atoms with Crippen LogP contribution in [-0.2, 0) is 0 Å². The lowest BCUT2D eigenvalue weighted by molar-refractivity contribution is 0.185. The fourth-order valence-electron chi connectivity index (χ4n) is 1.01. The minimum atomic E-state index is 0.242. The Hall–Kier alpha value is 0.610. The molecule has 0 spiro atoms. The topological polar surface area (TPSA) is 35.5 Å². The van der Waals surface area contributed by atoms with E-state index in [0.717, 1.165) is 13.1 Å². The quantitative estimate of drug-likeness (QED) is 0.511. The molecule has 1 fully saturated rings. The molecule has 0 aromatic rings. The monoisotopic (exact) mass is 256 g/mol. The summed E-state index contributed by atoms with van der Waals surface area (Å²) in [5.41, 5.74) is 0. The number of halogens is 1. The lowest BCUT2D eigenvalue weighted by atomic mass is 10.2. The number of piperazine rings is 1. The van der Waals surface area contributed by atoms with Crippen LogP contribution >= 0.6 is 22.9 Å². The van der Waals surface area contributed by atoms with Gasteiger partial charge < -0.3 is 10.4 Å². The van der Waals surface area contributed by atoms with Crippen molar-refractivity contribution in [2.45, 2.75) is 19.0 Å². The Morgan fingerprint density at radius 1 is 1.80 bits per heavy atom. The molecule has 10 heavy (non-hydrogen) atoms. The van der Waals surface area contributed by atoms with E-state index in [1.165, 1.54) is 0 Å². The van der Waals surface area contributed by atoms with Crippen LogP contribution in [0.2, 0.25) is 0 Å². The average Bonchev–Trinajstić information content (AvgIpc) is 1.95. The SMILES string of the molecule is C[C@@H]1CN[C@@H](CO)CN1I. The number of hydrogen-bond acceptors (Lipinski definition) is 3. The van der Waals surface area contributed by atoms with Crippen molar-refractivity contribution in [3.63, 3.8) is 0 Å². The minimum absolute atomic E-state index is 0.242. The van der Waals surface area contributed by atoms with Crippen LogP contribution in [0.15, 0.2) is 0 Å². The third-order valence-corrected chi connectivity index (χ3v) is 3.14. The van der Waals surface area contributed by atoms with E-state index in [-0.39, 0.29) is 12.6 Å². The molecule has 3 nitrogen and oxygen atoms in total. The Kier molecular flexibility index (Phi) is 3.35. The van der Waals surface area contributed by atoms with Crippen molar-refractivity contribution in [1.29, 1.82) is 0 Å². The summed E-state index contributed by atoms with van der Waals surface area (Å²) < 4.78 is 2.23. The fourth-order valence-corrected chi connectivity index (χ4v) is 1.69. The lowest BCUT2D eigenvalue weighted by Gasteiger charge is -2.33. The Balaban J connectivity index is 2.33. The summed E-state index contributed by atoms with van der Waals surface area (Å²) in [5, 5.41) is 12.1. The molecule has 1 aliphatic rings. The van der Waals surface area contributed by atoms with Crippen LogP contribution in [-0.4, -0.2) is 40.0 Å². The van der Waals surface area contributed by atoms with Crippen molar-refractivity contribution < 1.29 is 5.11 Å². The van der Waals surface area contributed by atoms with Gasteiger partial charge in [0.15, 0.2) is 0 Å². The van der Waals surface area contributed by atoms with Crippen molar-refractivity contribution in [2.75, 3.05) is 19.7 Å². The van der Waals surface area contributed by atoms with Crippen molar-refractivity contribution in [3.8, 4) is 0 Å². The zero-order chi connectivity index (χ0) is 7.56. The van der Waals surface area contributed by atoms with E-state index >= 15 is 0 Å². The number of hydrogen-bond donors (Lipinski definition) is 2. The van der Waals surface area contributed by atoms with Gasteiger partial charge in [-0.1, -0.05) is 0 Å². The molecule has 60 valence electrons. The maximum Gasteiger partial charge on any atom is 0.0597 e. The summed E-state index contributed by atoms with van der Waals surface area (Å²) >= 11 is 2.30. The summed E-state index contributed by atoms with van der Waals surface area (Å²) in [6.45, 7) is 4.34. The Morgan fingerprint density at radius 2 is 2.50 bits per heavy atom. The number of nitrogens with one attached hydrogen (secondary N) is 1. The third kappa shape index (κ3) is 2.05. The molecule has 1 heterocycles. The van der Waals surface area contributed by atoms with Crippen LogP contribution in [0.3, 0.4) is 0 Å². The molecule has 0 aromatic carbocycles. The molecular weight excluding hydrogens is 243 g/mol. The van der Waals surface area contributed by atoms with Crippen LogP contribution in [0.4, 0.5) is 0 Å². The Morgan fingerprint density at radius 3 is 3.00 bits per heavy atom. The van der Waals surface area contributed by atoms with E-state index < -0.39 is 0 Å². The smallest absolute Gasteiger partial charge is 0.0597 e.